The van der Waals surface area contributed by atoms with Crippen molar-refractivity contribution < 1.29 is 52.1 Å². The van der Waals surface area contributed by atoms with Crippen molar-refractivity contribution in [2.24, 2.45) is 22.7 Å². The Morgan fingerprint density at radius 1 is 1.18 bits per heavy atom. The minimum Gasteiger partial charge on any atom is -0.426 e. The zero-order valence-corrected chi connectivity index (χ0v) is 25.1. The number of fused-ring (bicyclic) bond motifs is 7. The third-order valence-corrected chi connectivity index (χ3v) is 10.9. The Hall–Kier alpha value is -3.55. The number of carbonyl (C=O) groups is 3. The van der Waals surface area contributed by atoms with E-state index in [1.54, 1.807) is 6.92 Å². The van der Waals surface area contributed by atoms with Crippen molar-refractivity contribution >= 4 is 23.4 Å². The molecule has 4 aliphatic carbocycles. The van der Waals surface area contributed by atoms with Crippen LogP contribution in [0.5, 0.6) is 5.75 Å². The second-order valence-electron chi connectivity index (χ2n) is 13.1. The number of alkyl halides is 2. The minimum absolute atomic E-state index is 0.00386. The van der Waals surface area contributed by atoms with Crippen molar-refractivity contribution in [2.45, 2.75) is 88.8 Å². The number of benzene rings is 1. The molecule has 10 atom stereocenters. The van der Waals surface area contributed by atoms with Gasteiger partial charge in [-0.3, -0.25) is 19.7 Å². The number of nitro benzene ring substituents is 1. The summed E-state index contributed by atoms with van der Waals surface area (Å²) in [4.78, 5) is 49.0. The lowest BCUT2D eigenvalue weighted by atomic mass is 9.44. The maximum atomic E-state index is 17.6. The largest absolute Gasteiger partial charge is 0.514 e. The molecule has 6 rings (SSSR count). The number of nitrogens with zero attached hydrogens (tertiary/aromatic N) is 1. The third-order valence-electron chi connectivity index (χ3n) is 10.9. The number of non-ortho nitro benzene ring substituents is 1. The van der Waals surface area contributed by atoms with E-state index in [0.717, 1.165) is 18.2 Å². The fraction of sp³-hybridized carbons (Fsp3) is 0.594. The first kappa shape index (κ1) is 31.4. The van der Waals surface area contributed by atoms with Crippen molar-refractivity contribution in [1.29, 1.82) is 0 Å². The predicted octanol–water partition coefficient (Wildman–Crippen LogP) is 4.89. The molecule has 1 aromatic rings. The predicted molar refractivity (Wildman–Crippen MR) is 151 cm³/mol. The summed E-state index contributed by atoms with van der Waals surface area (Å²) in [6.45, 7) is 4.33. The van der Waals surface area contributed by atoms with Crippen LogP contribution in [0.1, 0.15) is 52.9 Å². The molecule has 5 aliphatic rings. The number of rotatable bonds is 7. The minimum atomic E-state index is -2.35. The zero-order chi connectivity index (χ0) is 32.5. The summed E-state index contributed by atoms with van der Waals surface area (Å²) in [6.07, 6.45) is -1.81. The molecule has 0 radical (unpaired) electrons. The molecule has 242 valence electrons. The SMILES string of the molecule is CCCC1O[C@@H]2C[C@H]3[C@@H]4C[C@H](F)C5=CC(=O)C=C[C@]5(C)[C@@]4(F)C(O)C[C@]3(C)[C@]2(C(=O)COC(=O)Oc2ccc([N+](=O)[O-])cc2)O1. The molecule has 3 saturated carbocycles. The van der Waals surface area contributed by atoms with E-state index in [1.807, 2.05) is 6.92 Å². The summed E-state index contributed by atoms with van der Waals surface area (Å²) in [5, 5.41) is 22.5. The molecule has 11 nitrogen and oxygen atoms in total. The lowest BCUT2D eigenvalue weighted by molar-refractivity contribution is -0.384. The molecule has 13 heteroatoms. The Morgan fingerprint density at radius 2 is 1.89 bits per heavy atom. The lowest BCUT2D eigenvalue weighted by Gasteiger charge is -2.63. The van der Waals surface area contributed by atoms with E-state index >= 15 is 8.78 Å². The maximum Gasteiger partial charge on any atom is 0.514 e. The van der Waals surface area contributed by atoms with Crippen LogP contribution in [0.15, 0.2) is 48.1 Å². The van der Waals surface area contributed by atoms with Crippen LogP contribution in [0.3, 0.4) is 0 Å². The van der Waals surface area contributed by atoms with Crippen molar-refractivity contribution in [3.8, 4) is 5.75 Å². The highest BCUT2D eigenvalue weighted by Crippen LogP contribution is 2.72. The van der Waals surface area contributed by atoms with E-state index in [0.29, 0.717) is 12.8 Å². The Kier molecular flexibility index (Phi) is 7.52. The summed E-state index contributed by atoms with van der Waals surface area (Å²) in [7, 11) is 0. The zero-order valence-electron chi connectivity index (χ0n) is 25.1. The molecule has 1 saturated heterocycles. The van der Waals surface area contributed by atoms with Crippen molar-refractivity contribution in [1.82, 2.24) is 0 Å². The maximum absolute atomic E-state index is 17.6. The first-order valence-electron chi connectivity index (χ1n) is 15.1. The van der Waals surface area contributed by atoms with Gasteiger partial charge in [-0.05, 0) is 68.4 Å². The summed E-state index contributed by atoms with van der Waals surface area (Å²) in [5.74, 6) is -2.88. The van der Waals surface area contributed by atoms with Gasteiger partial charge >= 0.3 is 6.16 Å². The molecule has 0 amide bonds. The van der Waals surface area contributed by atoms with E-state index in [4.69, 9.17) is 18.9 Å². The van der Waals surface area contributed by atoms with E-state index in [-0.39, 0.29) is 36.3 Å². The summed E-state index contributed by atoms with van der Waals surface area (Å²) >= 11 is 0. The van der Waals surface area contributed by atoms with Crippen LogP contribution in [0.25, 0.3) is 0 Å². The van der Waals surface area contributed by atoms with Gasteiger partial charge in [-0.15, -0.1) is 0 Å². The summed E-state index contributed by atoms with van der Waals surface area (Å²) in [5.41, 5.74) is -7.13. The lowest BCUT2D eigenvalue weighted by Crippen LogP contribution is -2.71. The molecule has 4 fully saturated rings. The van der Waals surface area contributed by atoms with Crippen LogP contribution in [0.4, 0.5) is 19.3 Å². The van der Waals surface area contributed by atoms with Crippen molar-refractivity contribution in [3.63, 3.8) is 0 Å². The Bertz CT molecular complexity index is 1500. The van der Waals surface area contributed by atoms with Crippen LogP contribution >= 0.6 is 0 Å². The Balaban J connectivity index is 1.29. The molecule has 2 unspecified atom stereocenters. The van der Waals surface area contributed by atoms with E-state index < -0.39 is 87.9 Å². The molecule has 0 spiro atoms. The average Bonchev–Trinajstić information content (AvgIpc) is 3.47. The van der Waals surface area contributed by atoms with Crippen LogP contribution in [0.2, 0.25) is 0 Å². The molecule has 45 heavy (non-hydrogen) atoms. The first-order valence-corrected chi connectivity index (χ1v) is 15.1. The monoisotopic (exact) mass is 631 g/mol. The molecule has 0 bridgehead atoms. The number of carbonyl (C=O) groups excluding carboxylic acids is 3. The fourth-order valence-corrected chi connectivity index (χ4v) is 8.88. The van der Waals surface area contributed by atoms with Crippen molar-refractivity contribution in [3.05, 3.63) is 58.2 Å². The van der Waals surface area contributed by atoms with Gasteiger partial charge in [-0.2, -0.15) is 0 Å². The van der Waals surface area contributed by atoms with Gasteiger partial charge in [0.25, 0.3) is 5.69 Å². The Labute approximate surface area is 257 Å². The molecular formula is C32H35F2NO10. The molecular weight excluding hydrogens is 596 g/mol. The van der Waals surface area contributed by atoms with E-state index in [2.05, 4.69) is 0 Å². The Morgan fingerprint density at radius 3 is 2.56 bits per heavy atom. The number of halogens is 2. The number of aliphatic hydroxyl groups excluding tert-OH is 1. The highest BCUT2D eigenvalue weighted by Gasteiger charge is 2.80. The van der Waals surface area contributed by atoms with E-state index in [9.17, 15) is 29.6 Å². The van der Waals surface area contributed by atoms with Crippen molar-refractivity contribution in [2.75, 3.05) is 6.61 Å². The van der Waals surface area contributed by atoms with Gasteiger partial charge < -0.3 is 24.1 Å². The van der Waals surface area contributed by atoms with Gasteiger partial charge in [-0.25, -0.2) is 13.6 Å². The van der Waals surface area contributed by atoms with Gasteiger partial charge in [0.05, 0.1) is 17.1 Å². The van der Waals surface area contributed by atoms with Gasteiger partial charge in [-0.1, -0.05) is 26.3 Å². The number of aliphatic hydroxyl groups is 1. The van der Waals surface area contributed by atoms with Crippen LogP contribution in [-0.2, 0) is 23.8 Å². The van der Waals surface area contributed by atoms with Gasteiger partial charge in [0.1, 0.15) is 11.9 Å². The number of allylic oxidation sites excluding steroid dienone is 4. The molecule has 1 aliphatic heterocycles. The topological polar surface area (TPSA) is 152 Å². The fourth-order valence-electron chi connectivity index (χ4n) is 8.88. The van der Waals surface area contributed by atoms with Gasteiger partial charge in [0, 0.05) is 28.9 Å². The number of nitro groups is 1. The van der Waals surface area contributed by atoms with Gasteiger partial charge in [0.2, 0.25) is 5.78 Å². The number of hydrogen-bond acceptors (Lipinski definition) is 10. The molecule has 0 aromatic heterocycles. The highest BCUT2D eigenvalue weighted by molar-refractivity contribution is 6.01. The normalized spacial score (nSPS) is 41.3. The van der Waals surface area contributed by atoms with Crippen LogP contribution in [0, 0.1) is 32.8 Å². The highest BCUT2D eigenvalue weighted by atomic mass is 19.1. The number of hydrogen-bond donors (Lipinski definition) is 1. The standard InChI is InChI=1S/C32H35F2NO10/c1-4-5-27-44-26-14-20-21-13-23(33)22-12-18(36)10-11-29(22,2)31(21,34)24(37)15-30(20,3)32(26,45-27)25(38)16-42-28(39)43-19-8-6-17(7-9-19)35(40)41/h6-12,20-21,23-24,26-27,37H,4-5,13-16H2,1-3H3/t20-,21-,23-,24?,26+,27?,29-,30-,31-,32+/m0/s1. The second-order valence-corrected chi connectivity index (χ2v) is 13.1. The second kappa shape index (κ2) is 10.8. The molecule has 1 N–H and O–H groups in total. The average molecular weight is 632 g/mol. The van der Waals surface area contributed by atoms with Crippen LogP contribution < -0.4 is 4.74 Å². The quantitative estimate of drug-likeness (QED) is 0.191. The molecule has 1 heterocycles. The summed E-state index contributed by atoms with van der Waals surface area (Å²) < 4.78 is 56.2. The summed E-state index contributed by atoms with van der Waals surface area (Å²) in [6, 6.07) is 4.69. The number of Topliss-reactive ketones (excluding diaryl/α,β-unsaturated/α-hetero) is 1. The van der Waals surface area contributed by atoms with Gasteiger partial charge in [0.15, 0.2) is 29.9 Å². The molecule has 1 aromatic carbocycles. The first-order chi connectivity index (χ1) is 21.2. The number of ether oxygens (including phenoxy) is 4. The third kappa shape index (κ3) is 4.41. The van der Waals surface area contributed by atoms with E-state index in [1.165, 1.54) is 31.2 Å². The van der Waals surface area contributed by atoms with Crippen LogP contribution in [-0.4, -0.2) is 70.3 Å². The number of ketones is 2. The smallest absolute Gasteiger partial charge is 0.426 e.